The number of hydrogen-bond acceptors (Lipinski definition) is 3. The Labute approximate surface area is 104 Å². The predicted molar refractivity (Wildman–Crippen MR) is 66.6 cm³/mol. The molecule has 0 radical (unpaired) electrons. The zero-order valence-electron chi connectivity index (χ0n) is 9.40. The van der Waals surface area contributed by atoms with Crippen LogP contribution >= 0.6 is 15.9 Å². The molecular formula is C11H16BrN3O. The summed E-state index contributed by atoms with van der Waals surface area (Å²) >= 11 is 3.27. The minimum Gasteiger partial charge on any atom is -0.351 e. The lowest BCUT2D eigenvalue weighted by atomic mass is 10.1. The Morgan fingerprint density at radius 1 is 1.62 bits per heavy atom. The third-order valence-corrected chi connectivity index (χ3v) is 2.71. The molecule has 1 amide bonds. The van der Waals surface area contributed by atoms with Gasteiger partial charge in [0.15, 0.2) is 0 Å². The zero-order chi connectivity index (χ0) is 12.1. The molecule has 5 heteroatoms. The van der Waals surface area contributed by atoms with Crippen LogP contribution in [0.4, 0.5) is 0 Å². The molecule has 88 valence electrons. The summed E-state index contributed by atoms with van der Waals surface area (Å²) in [7, 11) is 0. The number of carbonyl (C=O) groups excluding carboxylic acids is 1. The summed E-state index contributed by atoms with van der Waals surface area (Å²) in [6.07, 6.45) is 1.69. The highest BCUT2D eigenvalue weighted by Gasteiger charge is 2.16. The summed E-state index contributed by atoms with van der Waals surface area (Å²) in [5.74, 6) is 0.0205. The van der Waals surface area contributed by atoms with E-state index < -0.39 is 6.04 Å². The molecule has 1 aromatic heterocycles. The van der Waals surface area contributed by atoms with Gasteiger partial charge in [-0.05, 0) is 39.5 Å². The molecule has 4 nitrogen and oxygen atoms in total. The smallest absolute Gasteiger partial charge is 0.237 e. The van der Waals surface area contributed by atoms with Crippen molar-refractivity contribution in [1.29, 1.82) is 0 Å². The molecule has 1 atom stereocenters. The third kappa shape index (κ3) is 3.90. The Morgan fingerprint density at radius 3 is 2.88 bits per heavy atom. The standard InChI is InChI=1S/C11H16BrN3O/c1-7(2)10(13)11(16)15-6-8-3-4-14-9(12)5-8/h3-5,7,10H,6,13H2,1-2H3,(H,15,16)/t10-/m0/s1. The molecule has 0 fully saturated rings. The number of nitrogens with one attached hydrogen (secondary N) is 1. The van der Waals surface area contributed by atoms with Crippen LogP contribution in [0.5, 0.6) is 0 Å². The van der Waals surface area contributed by atoms with E-state index in [1.807, 2.05) is 26.0 Å². The lowest BCUT2D eigenvalue weighted by Crippen LogP contribution is -2.43. The normalized spacial score (nSPS) is 12.6. The molecule has 0 bridgehead atoms. The second-order valence-electron chi connectivity index (χ2n) is 3.97. The van der Waals surface area contributed by atoms with E-state index in [4.69, 9.17) is 5.73 Å². The maximum atomic E-state index is 11.6. The average molecular weight is 286 g/mol. The summed E-state index contributed by atoms with van der Waals surface area (Å²) in [6, 6.07) is 3.26. The van der Waals surface area contributed by atoms with Crippen molar-refractivity contribution < 1.29 is 4.79 Å². The van der Waals surface area contributed by atoms with Crippen LogP contribution in [-0.2, 0) is 11.3 Å². The highest BCUT2D eigenvalue weighted by Crippen LogP contribution is 2.07. The molecule has 0 saturated carbocycles. The van der Waals surface area contributed by atoms with Crippen molar-refractivity contribution in [3.8, 4) is 0 Å². The van der Waals surface area contributed by atoms with E-state index in [1.165, 1.54) is 0 Å². The molecule has 0 aliphatic carbocycles. The average Bonchev–Trinajstić information content (AvgIpc) is 2.24. The van der Waals surface area contributed by atoms with Gasteiger partial charge in [-0.1, -0.05) is 13.8 Å². The van der Waals surface area contributed by atoms with Gasteiger partial charge in [-0.2, -0.15) is 0 Å². The maximum absolute atomic E-state index is 11.6. The lowest BCUT2D eigenvalue weighted by molar-refractivity contribution is -0.123. The van der Waals surface area contributed by atoms with Crippen molar-refractivity contribution in [3.05, 3.63) is 28.5 Å². The van der Waals surface area contributed by atoms with E-state index >= 15 is 0 Å². The van der Waals surface area contributed by atoms with Gasteiger partial charge in [0.25, 0.3) is 0 Å². The number of hydrogen-bond donors (Lipinski definition) is 2. The van der Waals surface area contributed by atoms with Crippen molar-refractivity contribution >= 4 is 21.8 Å². The first kappa shape index (κ1) is 13.1. The van der Waals surface area contributed by atoms with Crippen LogP contribution < -0.4 is 11.1 Å². The van der Waals surface area contributed by atoms with E-state index in [0.29, 0.717) is 6.54 Å². The van der Waals surface area contributed by atoms with Gasteiger partial charge in [-0.25, -0.2) is 4.98 Å². The minimum atomic E-state index is -0.453. The number of pyridine rings is 1. The van der Waals surface area contributed by atoms with Gasteiger partial charge in [-0.15, -0.1) is 0 Å². The fourth-order valence-corrected chi connectivity index (χ4v) is 1.57. The summed E-state index contributed by atoms with van der Waals surface area (Å²) in [5.41, 5.74) is 6.71. The van der Waals surface area contributed by atoms with Crippen LogP contribution in [0.15, 0.2) is 22.9 Å². The van der Waals surface area contributed by atoms with Crippen LogP contribution in [0.25, 0.3) is 0 Å². The van der Waals surface area contributed by atoms with Gasteiger partial charge in [0.05, 0.1) is 6.04 Å². The Bertz CT molecular complexity index is 368. The Balaban J connectivity index is 2.49. The van der Waals surface area contributed by atoms with Gasteiger partial charge in [0.1, 0.15) is 4.60 Å². The molecule has 0 aromatic carbocycles. The lowest BCUT2D eigenvalue weighted by Gasteiger charge is -2.15. The number of nitrogens with two attached hydrogens (primary N) is 1. The van der Waals surface area contributed by atoms with Crippen molar-refractivity contribution in [2.75, 3.05) is 0 Å². The topological polar surface area (TPSA) is 68.0 Å². The molecular weight excluding hydrogens is 270 g/mol. The second-order valence-corrected chi connectivity index (χ2v) is 4.79. The molecule has 16 heavy (non-hydrogen) atoms. The molecule has 3 N–H and O–H groups in total. The summed E-state index contributed by atoms with van der Waals surface area (Å²) in [6.45, 7) is 4.32. The van der Waals surface area contributed by atoms with Crippen LogP contribution in [0, 0.1) is 5.92 Å². The number of rotatable bonds is 4. The van der Waals surface area contributed by atoms with Crippen molar-refractivity contribution in [2.45, 2.75) is 26.4 Å². The van der Waals surface area contributed by atoms with Gasteiger partial charge in [0.2, 0.25) is 5.91 Å². The fraction of sp³-hybridized carbons (Fsp3) is 0.455. The third-order valence-electron chi connectivity index (χ3n) is 2.28. The number of nitrogens with zero attached hydrogens (tertiary/aromatic N) is 1. The summed E-state index contributed by atoms with van der Waals surface area (Å²) < 4.78 is 0.757. The molecule has 0 unspecified atom stereocenters. The molecule has 0 aliphatic heterocycles. The number of halogens is 1. The summed E-state index contributed by atoms with van der Waals surface area (Å²) in [5, 5.41) is 2.79. The van der Waals surface area contributed by atoms with Crippen LogP contribution in [0.1, 0.15) is 19.4 Å². The number of amides is 1. The quantitative estimate of drug-likeness (QED) is 0.823. The molecule has 0 aliphatic rings. The van der Waals surface area contributed by atoms with E-state index in [0.717, 1.165) is 10.2 Å². The van der Waals surface area contributed by atoms with Gasteiger partial charge >= 0.3 is 0 Å². The van der Waals surface area contributed by atoms with Crippen LogP contribution in [0.2, 0.25) is 0 Å². The first-order valence-electron chi connectivity index (χ1n) is 5.14. The highest BCUT2D eigenvalue weighted by molar-refractivity contribution is 9.10. The van der Waals surface area contributed by atoms with Crippen LogP contribution in [0.3, 0.4) is 0 Å². The number of carbonyl (C=O) groups is 1. The molecule has 1 aromatic rings. The molecule has 1 heterocycles. The first-order chi connectivity index (χ1) is 7.50. The van der Waals surface area contributed by atoms with Gasteiger partial charge in [-0.3, -0.25) is 4.79 Å². The SMILES string of the molecule is CC(C)[C@H](N)C(=O)NCc1ccnc(Br)c1. The molecule has 0 saturated heterocycles. The van der Waals surface area contributed by atoms with Crippen molar-refractivity contribution in [3.63, 3.8) is 0 Å². The van der Waals surface area contributed by atoms with Crippen LogP contribution in [-0.4, -0.2) is 16.9 Å². The van der Waals surface area contributed by atoms with Crippen molar-refractivity contribution in [2.24, 2.45) is 11.7 Å². The van der Waals surface area contributed by atoms with Gasteiger partial charge < -0.3 is 11.1 Å². The Hall–Kier alpha value is -0.940. The highest BCUT2D eigenvalue weighted by atomic mass is 79.9. The summed E-state index contributed by atoms with van der Waals surface area (Å²) in [4.78, 5) is 15.6. The largest absolute Gasteiger partial charge is 0.351 e. The van der Waals surface area contributed by atoms with E-state index in [-0.39, 0.29) is 11.8 Å². The zero-order valence-corrected chi connectivity index (χ0v) is 11.0. The first-order valence-corrected chi connectivity index (χ1v) is 5.93. The Kier molecular flexibility index (Phi) is 4.89. The van der Waals surface area contributed by atoms with Crippen molar-refractivity contribution in [1.82, 2.24) is 10.3 Å². The monoisotopic (exact) mass is 285 g/mol. The molecule has 1 rings (SSSR count). The van der Waals surface area contributed by atoms with E-state index in [9.17, 15) is 4.79 Å². The van der Waals surface area contributed by atoms with E-state index in [2.05, 4.69) is 26.2 Å². The number of aromatic nitrogens is 1. The van der Waals surface area contributed by atoms with Gasteiger partial charge in [0, 0.05) is 12.7 Å². The predicted octanol–water partition coefficient (Wildman–Crippen LogP) is 1.44. The van der Waals surface area contributed by atoms with E-state index in [1.54, 1.807) is 6.20 Å². The second kappa shape index (κ2) is 5.96. The minimum absolute atomic E-state index is 0.122. The maximum Gasteiger partial charge on any atom is 0.237 e. The fourth-order valence-electron chi connectivity index (χ4n) is 1.16. The Morgan fingerprint density at radius 2 is 2.31 bits per heavy atom. The molecule has 0 spiro atoms.